The molecule has 0 aliphatic carbocycles. The van der Waals surface area contributed by atoms with Crippen molar-refractivity contribution in [3.8, 4) is 11.5 Å². The largest absolute Gasteiger partial charge is 0.454 e. The van der Waals surface area contributed by atoms with Crippen molar-refractivity contribution in [2.45, 2.75) is 25.4 Å². The molecule has 0 bridgehead atoms. The van der Waals surface area contributed by atoms with Gasteiger partial charge in [0, 0.05) is 43.6 Å². The van der Waals surface area contributed by atoms with Crippen LogP contribution in [0.4, 0.5) is 5.95 Å². The van der Waals surface area contributed by atoms with E-state index in [0.717, 1.165) is 55.5 Å². The molecule has 0 radical (unpaired) electrons. The number of anilines is 1. The molecular weight excluding hydrogens is 292 g/mol. The third-order valence-electron chi connectivity index (χ3n) is 4.32. The lowest BCUT2D eigenvalue weighted by molar-refractivity contribution is 0.173. The van der Waals surface area contributed by atoms with Crippen molar-refractivity contribution in [2.24, 2.45) is 0 Å². The zero-order valence-electron chi connectivity index (χ0n) is 12.9. The second-order valence-corrected chi connectivity index (χ2v) is 5.87. The molecule has 1 aromatic heterocycles. The Balaban J connectivity index is 1.39. The Morgan fingerprint density at radius 3 is 3.00 bits per heavy atom. The Bertz CT molecular complexity index is 665. The zero-order chi connectivity index (χ0) is 15.5. The van der Waals surface area contributed by atoms with E-state index in [-0.39, 0.29) is 0 Å². The molecule has 2 aromatic rings. The van der Waals surface area contributed by atoms with Crippen LogP contribution in [-0.4, -0.2) is 35.9 Å². The fraction of sp³-hybridized carbons (Fsp3) is 0.412. The van der Waals surface area contributed by atoms with Gasteiger partial charge in [-0.15, -0.1) is 0 Å². The standard InChI is InChI=1S/C17H20N4O2/c1-4-13(16-15(6-1)22-12-23-16)10-20-14-5-2-9-21(11-14)17-18-7-3-8-19-17/h1,3-4,6-8,14,20H,2,5,9-12H2/t14-/m0/s1. The van der Waals surface area contributed by atoms with Crippen molar-refractivity contribution in [1.82, 2.24) is 15.3 Å². The van der Waals surface area contributed by atoms with E-state index < -0.39 is 0 Å². The molecule has 2 aliphatic heterocycles. The number of hydrogen-bond donors (Lipinski definition) is 1. The number of piperidine rings is 1. The number of nitrogens with one attached hydrogen (secondary N) is 1. The normalized spacial score (nSPS) is 19.8. The Labute approximate surface area is 135 Å². The van der Waals surface area contributed by atoms with Gasteiger partial charge in [0.1, 0.15) is 0 Å². The molecule has 0 saturated carbocycles. The maximum absolute atomic E-state index is 5.57. The topological polar surface area (TPSA) is 59.5 Å². The van der Waals surface area contributed by atoms with Crippen LogP contribution in [0.25, 0.3) is 0 Å². The van der Waals surface area contributed by atoms with Crippen LogP contribution in [-0.2, 0) is 6.54 Å². The first-order valence-corrected chi connectivity index (χ1v) is 8.03. The quantitative estimate of drug-likeness (QED) is 0.931. The van der Waals surface area contributed by atoms with Gasteiger partial charge in [-0.1, -0.05) is 12.1 Å². The van der Waals surface area contributed by atoms with Crippen molar-refractivity contribution in [3.05, 3.63) is 42.2 Å². The summed E-state index contributed by atoms with van der Waals surface area (Å²) in [5.74, 6) is 2.53. The number of ether oxygens (including phenoxy) is 2. The maximum atomic E-state index is 5.57. The zero-order valence-corrected chi connectivity index (χ0v) is 12.9. The van der Waals surface area contributed by atoms with Gasteiger partial charge < -0.3 is 19.7 Å². The average Bonchev–Trinajstić information content (AvgIpc) is 3.10. The Morgan fingerprint density at radius 2 is 2.09 bits per heavy atom. The van der Waals surface area contributed by atoms with E-state index >= 15 is 0 Å². The summed E-state index contributed by atoms with van der Waals surface area (Å²) in [7, 11) is 0. The molecular formula is C17H20N4O2. The first-order chi connectivity index (χ1) is 11.4. The van der Waals surface area contributed by atoms with Crippen LogP contribution in [0, 0.1) is 0 Å². The highest BCUT2D eigenvalue weighted by molar-refractivity contribution is 5.48. The average molecular weight is 312 g/mol. The van der Waals surface area contributed by atoms with E-state index in [4.69, 9.17) is 9.47 Å². The molecule has 0 amide bonds. The molecule has 1 atom stereocenters. The molecule has 0 spiro atoms. The van der Waals surface area contributed by atoms with Crippen molar-refractivity contribution >= 4 is 5.95 Å². The van der Waals surface area contributed by atoms with Gasteiger partial charge >= 0.3 is 0 Å². The molecule has 1 saturated heterocycles. The lowest BCUT2D eigenvalue weighted by Gasteiger charge is -2.33. The van der Waals surface area contributed by atoms with Gasteiger partial charge in [-0.25, -0.2) is 9.97 Å². The van der Waals surface area contributed by atoms with Crippen LogP contribution >= 0.6 is 0 Å². The molecule has 1 aromatic carbocycles. The maximum Gasteiger partial charge on any atom is 0.231 e. The van der Waals surface area contributed by atoms with Crippen LogP contribution in [0.1, 0.15) is 18.4 Å². The lowest BCUT2D eigenvalue weighted by Crippen LogP contribution is -2.46. The third-order valence-corrected chi connectivity index (χ3v) is 4.32. The number of fused-ring (bicyclic) bond motifs is 1. The second-order valence-electron chi connectivity index (χ2n) is 5.87. The lowest BCUT2D eigenvalue weighted by atomic mass is 10.1. The van der Waals surface area contributed by atoms with Crippen LogP contribution in [0.5, 0.6) is 11.5 Å². The van der Waals surface area contributed by atoms with Crippen LogP contribution in [0.15, 0.2) is 36.7 Å². The van der Waals surface area contributed by atoms with Crippen LogP contribution in [0.3, 0.4) is 0 Å². The number of nitrogens with zero attached hydrogens (tertiary/aromatic N) is 3. The third kappa shape index (κ3) is 3.07. The monoisotopic (exact) mass is 312 g/mol. The predicted molar refractivity (Wildman–Crippen MR) is 86.7 cm³/mol. The highest BCUT2D eigenvalue weighted by atomic mass is 16.7. The molecule has 6 heteroatoms. The van der Waals surface area contributed by atoms with E-state index in [1.807, 2.05) is 18.2 Å². The summed E-state index contributed by atoms with van der Waals surface area (Å²) in [6.07, 6.45) is 5.89. The van der Waals surface area contributed by atoms with E-state index in [9.17, 15) is 0 Å². The Kier molecular flexibility index (Phi) is 3.98. The molecule has 4 rings (SSSR count). The summed E-state index contributed by atoms with van der Waals surface area (Å²) in [6.45, 7) is 3.03. The minimum atomic E-state index is 0.314. The fourth-order valence-corrected chi connectivity index (χ4v) is 3.16. The van der Waals surface area contributed by atoms with Crippen molar-refractivity contribution < 1.29 is 9.47 Å². The Hall–Kier alpha value is -2.34. The van der Waals surface area contributed by atoms with Crippen molar-refractivity contribution in [1.29, 1.82) is 0 Å². The molecule has 1 N–H and O–H groups in total. The van der Waals surface area contributed by atoms with Gasteiger partial charge in [0.15, 0.2) is 11.5 Å². The van der Waals surface area contributed by atoms with Gasteiger partial charge in [0.2, 0.25) is 12.7 Å². The highest BCUT2D eigenvalue weighted by Crippen LogP contribution is 2.35. The summed E-state index contributed by atoms with van der Waals surface area (Å²) in [6, 6.07) is 8.31. The molecule has 6 nitrogen and oxygen atoms in total. The number of benzene rings is 1. The van der Waals surface area contributed by atoms with Gasteiger partial charge in [-0.05, 0) is 25.0 Å². The minimum absolute atomic E-state index is 0.314. The number of hydrogen-bond acceptors (Lipinski definition) is 6. The first kappa shape index (κ1) is 14.3. The molecule has 120 valence electrons. The van der Waals surface area contributed by atoms with Crippen molar-refractivity contribution in [2.75, 3.05) is 24.8 Å². The number of aromatic nitrogens is 2. The summed E-state index contributed by atoms with van der Waals surface area (Å²) < 4.78 is 11.0. The van der Waals surface area contributed by atoms with Crippen molar-refractivity contribution in [3.63, 3.8) is 0 Å². The van der Waals surface area contributed by atoms with Crippen LogP contribution in [0.2, 0.25) is 0 Å². The number of para-hydroxylation sites is 1. The number of rotatable bonds is 4. The smallest absolute Gasteiger partial charge is 0.231 e. The minimum Gasteiger partial charge on any atom is -0.454 e. The van der Waals surface area contributed by atoms with Gasteiger partial charge in [-0.3, -0.25) is 0 Å². The van der Waals surface area contributed by atoms with E-state index in [1.54, 1.807) is 12.4 Å². The van der Waals surface area contributed by atoms with Gasteiger partial charge in [-0.2, -0.15) is 0 Å². The summed E-state index contributed by atoms with van der Waals surface area (Å²) in [5.41, 5.74) is 1.15. The Morgan fingerprint density at radius 1 is 1.17 bits per heavy atom. The van der Waals surface area contributed by atoms with Gasteiger partial charge in [0.25, 0.3) is 0 Å². The van der Waals surface area contributed by atoms with E-state index in [0.29, 0.717) is 12.8 Å². The molecule has 23 heavy (non-hydrogen) atoms. The van der Waals surface area contributed by atoms with E-state index in [2.05, 4.69) is 26.3 Å². The highest BCUT2D eigenvalue weighted by Gasteiger charge is 2.22. The fourth-order valence-electron chi connectivity index (χ4n) is 3.16. The molecule has 1 fully saturated rings. The SMILES string of the molecule is c1cnc(N2CCC[C@H](NCc3cccc4c3OCO4)C2)nc1. The molecule has 3 heterocycles. The van der Waals surface area contributed by atoms with Gasteiger partial charge in [0.05, 0.1) is 0 Å². The molecule has 2 aliphatic rings. The molecule has 0 unspecified atom stereocenters. The van der Waals surface area contributed by atoms with E-state index in [1.165, 1.54) is 0 Å². The predicted octanol–water partition coefficient (Wildman–Crippen LogP) is 1.96. The summed E-state index contributed by atoms with van der Waals surface area (Å²) in [4.78, 5) is 11.0. The summed E-state index contributed by atoms with van der Waals surface area (Å²) in [5, 5.41) is 3.63. The first-order valence-electron chi connectivity index (χ1n) is 8.03. The second kappa shape index (κ2) is 6.42. The summed E-state index contributed by atoms with van der Waals surface area (Å²) >= 11 is 0. The van der Waals surface area contributed by atoms with Crippen LogP contribution < -0.4 is 19.7 Å².